The summed E-state index contributed by atoms with van der Waals surface area (Å²) >= 11 is 6.66. The Hall–Kier alpha value is -3.64. The maximum Gasteiger partial charge on any atom is 0.311 e. The van der Waals surface area contributed by atoms with Gasteiger partial charge >= 0.3 is 5.97 Å². The Balaban J connectivity index is 1.98. The lowest BCUT2D eigenvalue weighted by Crippen LogP contribution is -2.18. The van der Waals surface area contributed by atoms with Crippen LogP contribution in [0.5, 0.6) is 5.75 Å². The second-order valence-corrected chi connectivity index (χ2v) is 8.08. The fraction of sp³-hybridized carbons (Fsp3) is 0.154. The average molecular weight is 466 g/mol. The normalized spacial score (nSPS) is 12.0. The van der Waals surface area contributed by atoms with Gasteiger partial charge in [-0.25, -0.2) is 4.39 Å². The maximum absolute atomic E-state index is 13.4. The summed E-state index contributed by atoms with van der Waals surface area (Å²) in [4.78, 5) is 25.9. The molecule has 168 valence electrons. The summed E-state index contributed by atoms with van der Waals surface area (Å²) in [6, 6.07) is 17.8. The number of benzene rings is 3. The highest BCUT2D eigenvalue weighted by atomic mass is 35.5. The number of halogens is 2. The third-order valence-corrected chi connectivity index (χ3v) is 6.14. The molecule has 3 aromatic carbocycles. The Morgan fingerprint density at radius 1 is 1.06 bits per heavy atom. The minimum Gasteiger partial charge on any atom is -0.495 e. The van der Waals surface area contributed by atoms with Crippen LogP contribution in [0.4, 0.5) is 4.39 Å². The molecular formula is C26H21ClFNO4. The number of carbonyl (C=O) groups is 2. The number of carbonyl (C=O) groups excluding carboxylic acids is 1. The molecule has 1 atom stereocenters. The van der Waals surface area contributed by atoms with Crippen LogP contribution in [-0.4, -0.2) is 28.7 Å². The lowest BCUT2D eigenvalue weighted by Gasteiger charge is -2.15. The van der Waals surface area contributed by atoms with E-state index in [1.165, 1.54) is 35.9 Å². The van der Waals surface area contributed by atoms with E-state index in [2.05, 4.69) is 0 Å². The van der Waals surface area contributed by atoms with Gasteiger partial charge in [0.1, 0.15) is 11.6 Å². The van der Waals surface area contributed by atoms with Crippen molar-refractivity contribution in [3.63, 3.8) is 0 Å². The van der Waals surface area contributed by atoms with Crippen LogP contribution in [0.25, 0.3) is 10.9 Å². The van der Waals surface area contributed by atoms with E-state index >= 15 is 0 Å². The predicted molar refractivity (Wildman–Crippen MR) is 125 cm³/mol. The molecule has 1 N–H and O–H groups in total. The van der Waals surface area contributed by atoms with Crippen molar-refractivity contribution in [2.45, 2.75) is 19.3 Å². The van der Waals surface area contributed by atoms with E-state index in [1.807, 2.05) is 30.3 Å². The van der Waals surface area contributed by atoms with Crippen molar-refractivity contribution >= 4 is 34.4 Å². The minimum absolute atomic E-state index is 0.217. The smallest absolute Gasteiger partial charge is 0.311 e. The van der Waals surface area contributed by atoms with Crippen LogP contribution < -0.4 is 4.74 Å². The highest BCUT2D eigenvalue weighted by Gasteiger charge is 2.31. The van der Waals surface area contributed by atoms with Crippen molar-refractivity contribution in [2.75, 3.05) is 7.11 Å². The first-order valence-electron chi connectivity index (χ1n) is 10.3. The zero-order chi connectivity index (χ0) is 23.7. The molecule has 1 aromatic heterocycles. The van der Waals surface area contributed by atoms with Crippen LogP contribution in [0.15, 0.2) is 66.7 Å². The van der Waals surface area contributed by atoms with E-state index in [0.717, 1.165) is 5.56 Å². The van der Waals surface area contributed by atoms with Gasteiger partial charge in [0.25, 0.3) is 5.91 Å². The average Bonchev–Trinajstić information content (AvgIpc) is 3.10. The monoisotopic (exact) mass is 465 g/mol. The molecule has 0 saturated carbocycles. The summed E-state index contributed by atoms with van der Waals surface area (Å²) in [7, 11) is 1.47. The number of methoxy groups -OCH3 is 1. The molecule has 5 nitrogen and oxygen atoms in total. The third-order valence-electron chi connectivity index (χ3n) is 5.76. The molecule has 0 saturated heterocycles. The number of ether oxygens (including phenoxy) is 1. The number of fused-ring (bicyclic) bond motifs is 1. The van der Waals surface area contributed by atoms with Crippen molar-refractivity contribution in [3.8, 4) is 5.75 Å². The topological polar surface area (TPSA) is 68.5 Å². The molecule has 0 bridgehead atoms. The Bertz CT molecular complexity index is 1350. The lowest BCUT2D eigenvalue weighted by molar-refractivity contribution is -0.138. The highest BCUT2D eigenvalue weighted by Crippen LogP contribution is 2.42. The van der Waals surface area contributed by atoms with E-state index in [4.69, 9.17) is 16.3 Å². The molecule has 33 heavy (non-hydrogen) atoms. The van der Waals surface area contributed by atoms with Crippen LogP contribution >= 0.6 is 11.6 Å². The number of rotatable bonds is 6. The third kappa shape index (κ3) is 4.10. The zero-order valence-electron chi connectivity index (χ0n) is 18.0. The molecule has 0 aliphatic carbocycles. The van der Waals surface area contributed by atoms with Crippen molar-refractivity contribution in [3.05, 3.63) is 100.0 Å². The van der Waals surface area contributed by atoms with Crippen LogP contribution in [0, 0.1) is 12.7 Å². The number of nitrogens with zero attached hydrogens (tertiary/aromatic N) is 1. The van der Waals surface area contributed by atoms with Crippen LogP contribution in [-0.2, 0) is 11.2 Å². The SMILES string of the molecule is COc1ccc2c(c1Cl)c(C(Cc1ccccc1)C(=O)O)c(C)n2C(=O)c1ccc(F)cc1. The first-order chi connectivity index (χ1) is 15.8. The maximum atomic E-state index is 13.4. The van der Waals surface area contributed by atoms with Crippen LogP contribution in [0.2, 0.25) is 5.02 Å². The first-order valence-corrected chi connectivity index (χ1v) is 10.7. The second-order valence-electron chi connectivity index (χ2n) is 7.70. The van der Waals surface area contributed by atoms with Gasteiger partial charge in [-0.1, -0.05) is 41.9 Å². The predicted octanol–water partition coefficient (Wildman–Crippen LogP) is 5.85. The molecule has 0 fully saturated rings. The molecule has 0 spiro atoms. The van der Waals surface area contributed by atoms with Crippen LogP contribution in [0.1, 0.15) is 33.1 Å². The van der Waals surface area contributed by atoms with Gasteiger partial charge in [0.05, 0.1) is 23.6 Å². The van der Waals surface area contributed by atoms with Crippen LogP contribution in [0.3, 0.4) is 0 Å². The van der Waals surface area contributed by atoms with E-state index < -0.39 is 23.6 Å². The van der Waals surface area contributed by atoms with Gasteiger partial charge in [0.15, 0.2) is 0 Å². The molecule has 0 amide bonds. The van der Waals surface area contributed by atoms with Crippen molar-refractivity contribution < 1.29 is 23.8 Å². The molecule has 4 aromatic rings. The summed E-state index contributed by atoms with van der Waals surface area (Å²) in [6.07, 6.45) is 0.217. The molecule has 0 radical (unpaired) electrons. The molecule has 4 rings (SSSR count). The van der Waals surface area contributed by atoms with E-state index in [0.29, 0.717) is 27.9 Å². The van der Waals surface area contributed by atoms with Gasteiger partial charge in [0.2, 0.25) is 0 Å². The highest BCUT2D eigenvalue weighted by molar-refractivity contribution is 6.37. The fourth-order valence-corrected chi connectivity index (χ4v) is 4.54. The summed E-state index contributed by atoms with van der Waals surface area (Å²) in [5.41, 5.74) is 2.47. The van der Waals surface area contributed by atoms with E-state index in [-0.39, 0.29) is 17.0 Å². The van der Waals surface area contributed by atoms with Gasteiger partial charge in [-0.2, -0.15) is 0 Å². The van der Waals surface area contributed by atoms with E-state index in [9.17, 15) is 19.1 Å². The lowest BCUT2D eigenvalue weighted by atomic mass is 9.90. The molecule has 0 aliphatic heterocycles. The largest absolute Gasteiger partial charge is 0.495 e. The Morgan fingerprint density at radius 3 is 2.33 bits per heavy atom. The van der Waals surface area contributed by atoms with Gasteiger partial charge in [0, 0.05) is 16.6 Å². The van der Waals surface area contributed by atoms with Gasteiger partial charge in [-0.3, -0.25) is 14.2 Å². The van der Waals surface area contributed by atoms with Gasteiger partial charge in [-0.05, 0) is 60.9 Å². The summed E-state index contributed by atoms with van der Waals surface area (Å²) in [5, 5.41) is 10.9. The van der Waals surface area contributed by atoms with Gasteiger partial charge in [-0.15, -0.1) is 0 Å². The molecule has 0 aliphatic rings. The number of aliphatic carboxylic acids is 1. The number of hydrogen-bond donors (Lipinski definition) is 1. The van der Waals surface area contributed by atoms with Gasteiger partial charge < -0.3 is 9.84 Å². The number of aromatic nitrogens is 1. The van der Waals surface area contributed by atoms with Crippen molar-refractivity contribution in [1.29, 1.82) is 0 Å². The molecule has 1 heterocycles. The standard InChI is InChI=1S/C26H21ClFNO4/c1-15-22(19(26(31)32)14-16-6-4-3-5-7-16)23-20(12-13-21(33-2)24(23)27)29(15)25(30)17-8-10-18(28)11-9-17/h3-13,19H,14H2,1-2H3,(H,31,32). The molecule has 1 unspecified atom stereocenters. The first kappa shape index (κ1) is 22.6. The van der Waals surface area contributed by atoms with E-state index in [1.54, 1.807) is 19.1 Å². The zero-order valence-corrected chi connectivity index (χ0v) is 18.8. The molecule has 7 heteroatoms. The Labute approximate surface area is 195 Å². The number of carboxylic acid groups (broad SMARTS) is 1. The quantitative estimate of drug-likeness (QED) is 0.388. The fourth-order valence-electron chi connectivity index (χ4n) is 4.20. The summed E-state index contributed by atoms with van der Waals surface area (Å²) < 4.78 is 20.2. The Morgan fingerprint density at radius 2 is 1.73 bits per heavy atom. The van der Waals surface area contributed by atoms with Crippen molar-refractivity contribution in [2.24, 2.45) is 0 Å². The minimum atomic E-state index is -1.03. The number of hydrogen-bond acceptors (Lipinski definition) is 3. The summed E-state index contributed by atoms with van der Waals surface area (Å²) in [5.74, 6) is -2.48. The summed E-state index contributed by atoms with van der Waals surface area (Å²) in [6.45, 7) is 1.69. The van der Waals surface area contributed by atoms with Crippen molar-refractivity contribution in [1.82, 2.24) is 4.57 Å². The number of carboxylic acids is 1. The molecular weight excluding hydrogens is 445 g/mol. The Kier molecular flexibility index (Phi) is 6.20. The second kappa shape index (κ2) is 9.08.